The number of sulfone groups is 1. The lowest BCUT2D eigenvalue weighted by atomic mass is 10.0. The molecule has 1 heterocycles. The van der Waals surface area contributed by atoms with Gasteiger partial charge in [-0.25, -0.2) is 8.42 Å². The van der Waals surface area contributed by atoms with Crippen molar-refractivity contribution < 1.29 is 8.42 Å². The third kappa shape index (κ3) is 2.07. The molecule has 1 aliphatic heterocycles. The number of fused-ring (bicyclic) bond motifs is 1. The maximum Gasteiger partial charge on any atom is 0.153 e. The second kappa shape index (κ2) is 4.09. The van der Waals surface area contributed by atoms with Gasteiger partial charge in [0.15, 0.2) is 9.84 Å². The minimum atomic E-state index is -2.96. The average molecular weight is 239 g/mol. The molecule has 0 saturated heterocycles. The van der Waals surface area contributed by atoms with E-state index in [9.17, 15) is 8.42 Å². The van der Waals surface area contributed by atoms with Crippen molar-refractivity contribution in [2.45, 2.75) is 25.0 Å². The first-order valence-electron chi connectivity index (χ1n) is 5.55. The number of benzene rings is 1. The molecule has 0 aromatic heterocycles. The molecule has 0 bridgehead atoms. The fourth-order valence-electron chi connectivity index (χ4n) is 1.98. The minimum Gasteiger partial charge on any atom is -0.384 e. The van der Waals surface area contributed by atoms with Crippen LogP contribution in [-0.4, -0.2) is 26.0 Å². The van der Waals surface area contributed by atoms with Crippen molar-refractivity contribution in [3.8, 4) is 0 Å². The Morgan fingerprint density at radius 2 is 2.06 bits per heavy atom. The van der Waals surface area contributed by atoms with Crippen molar-refractivity contribution in [1.82, 2.24) is 0 Å². The number of rotatable bonds is 3. The van der Waals surface area contributed by atoms with E-state index in [1.165, 1.54) is 0 Å². The Morgan fingerprint density at radius 1 is 1.38 bits per heavy atom. The Balaban J connectivity index is 2.21. The zero-order valence-electron chi connectivity index (χ0n) is 9.60. The molecule has 88 valence electrons. The summed E-state index contributed by atoms with van der Waals surface area (Å²) in [5, 5.41) is 2.96. The van der Waals surface area contributed by atoms with Crippen LogP contribution in [0.1, 0.15) is 25.3 Å². The van der Waals surface area contributed by atoms with E-state index in [1.54, 1.807) is 13.8 Å². The lowest BCUT2D eigenvalue weighted by Crippen LogP contribution is -2.23. The molecule has 0 saturated carbocycles. The Morgan fingerprint density at radius 3 is 2.75 bits per heavy atom. The number of nitrogens with one attached hydrogen (secondary N) is 1. The van der Waals surface area contributed by atoms with E-state index in [2.05, 4.69) is 5.32 Å². The third-order valence-corrected chi connectivity index (χ3v) is 5.39. The molecule has 1 aromatic carbocycles. The lowest BCUT2D eigenvalue weighted by Gasteiger charge is -2.13. The van der Waals surface area contributed by atoms with Gasteiger partial charge in [0.05, 0.1) is 11.0 Å². The van der Waals surface area contributed by atoms with Gasteiger partial charge in [-0.3, -0.25) is 0 Å². The average Bonchev–Trinajstić information content (AvgIpc) is 2.61. The largest absolute Gasteiger partial charge is 0.384 e. The summed E-state index contributed by atoms with van der Waals surface area (Å²) in [7, 11) is -2.96. The summed E-state index contributed by atoms with van der Waals surface area (Å²) in [6.07, 6.45) is 0. The molecule has 1 N–H and O–H groups in total. The fraction of sp³-hybridized carbons (Fsp3) is 0.500. The van der Waals surface area contributed by atoms with Gasteiger partial charge in [0, 0.05) is 18.2 Å². The normalized spacial score (nSPS) is 19.6. The van der Waals surface area contributed by atoms with Crippen LogP contribution in [0.15, 0.2) is 24.3 Å². The highest BCUT2D eigenvalue weighted by Gasteiger charge is 2.28. The smallest absolute Gasteiger partial charge is 0.153 e. The number of para-hydroxylation sites is 1. The zero-order valence-corrected chi connectivity index (χ0v) is 10.4. The van der Waals surface area contributed by atoms with E-state index in [0.717, 1.165) is 17.8 Å². The molecule has 0 aliphatic carbocycles. The van der Waals surface area contributed by atoms with Gasteiger partial charge < -0.3 is 5.32 Å². The van der Waals surface area contributed by atoms with Crippen LogP contribution in [0.3, 0.4) is 0 Å². The van der Waals surface area contributed by atoms with Gasteiger partial charge in [0.25, 0.3) is 0 Å². The Kier molecular flexibility index (Phi) is 2.93. The summed E-state index contributed by atoms with van der Waals surface area (Å²) in [4.78, 5) is 0. The maximum atomic E-state index is 11.9. The van der Waals surface area contributed by atoms with E-state index >= 15 is 0 Å². The van der Waals surface area contributed by atoms with Gasteiger partial charge >= 0.3 is 0 Å². The second-order valence-electron chi connectivity index (χ2n) is 4.54. The molecule has 4 heteroatoms. The molecule has 0 amide bonds. The van der Waals surface area contributed by atoms with Crippen LogP contribution in [0, 0.1) is 0 Å². The molecular weight excluding hydrogens is 222 g/mol. The van der Waals surface area contributed by atoms with Gasteiger partial charge in [-0.15, -0.1) is 0 Å². The van der Waals surface area contributed by atoms with Gasteiger partial charge in [-0.2, -0.15) is 0 Å². The van der Waals surface area contributed by atoms with Gasteiger partial charge in [-0.1, -0.05) is 18.2 Å². The molecule has 0 fully saturated rings. The summed E-state index contributed by atoms with van der Waals surface area (Å²) < 4.78 is 23.7. The van der Waals surface area contributed by atoms with Crippen molar-refractivity contribution in [2.24, 2.45) is 0 Å². The highest BCUT2D eigenvalue weighted by Crippen LogP contribution is 2.32. The fourth-order valence-corrected chi connectivity index (χ4v) is 3.22. The topological polar surface area (TPSA) is 46.2 Å². The summed E-state index contributed by atoms with van der Waals surface area (Å²) in [5.41, 5.74) is 2.21. The predicted molar refractivity (Wildman–Crippen MR) is 66.6 cm³/mol. The van der Waals surface area contributed by atoms with Gasteiger partial charge in [-0.05, 0) is 25.5 Å². The molecule has 1 unspecified atom stereocenters. The molecule has 0 radical (unpaired) electrons. The van der Waals surface area contributed by atoms with E-state index in [0.29, 0.717) is 0 Å². The number of hydrogen-bond donors (Lipinski definition) is 1. The number of anilines is 1. The van der Waals surface area contributed by atoms with Crippen molar-refractivity contribution >= 4 is 15.5 Å². The Hall–Kier alpha value is -1.03. The highest BCUT2D eigenvalue weighted by molar-refractivity contribution is 7.92. The van der Waals surface area contributed by atoms with Crippen molar-refractivity contribution in [3.05, 3.63) is 29.8 Å². The van der Waals surface area contributed by atoms with Crippen molar-refractivity contribution in [1.29, 1.82) is 0 Å². The van der Waals surface area contributed by atoms with Crippen LogP contribution in [0.5, 0.6) is 0 Å². The quantitative estimate of drug-likeness (QED) is 0.877. The first-order valence-corrected chi connectivity index (χ1v) is 7.26. The van der Waals surface area contributed by atoms with E-state index in [4.69, 9.17) is 0 Å². The molecule has 1 aromatic rings. The van der Waals surface area contributed by atoms with Crippen LogP contribution in [0.2, 0.25) is 0 Å². The van der Waals surface area contributed by atoms with Crippen LogP contribution < -0.4 is 5.32 Å². The number of hydrogen-bond acceptors (Lipinski definition) is 3. The summed E-state index contributed by atoms with van der Waals surface area (Å²) in [5.74, 6) is 0.345. The third-order valence-electron chi connectivity index (χ3n) is 3.09. The SMILES string of the molecule is CC(C)S(=O)(=O)CC1CNc2ccccc21. The van der Waals surface area contributed by atoms with Gasteiger partial charge in [0.2, 0.25) is 0 Å². The Labute approximate surface area is 96.8 Å². The van der Waals surface area contributed by atoms with Crippen LogP contribution in [0.25, 0.3) is 0 Å². The molecule has 16 heavy (non-hydrogen) atoms. The van der Waals surface area contributed by atoms with Crippen molar-refractivity contribution in [3.63, 3.8) is 0 Å². The van der Waals surface area contributed by atoms with E-state index < -0.39 is 9.84 Å². The molecule has 0 spiro atoms. The predicted octanol–water partition coefficient (Wildman–Crippen LogP) is 2.02. The summed E-state index contributed by atoms with van der Waals surface area (Å²) >= 11 is 0. The first kappa shape index (κ1) is 11.5. The maximum absolute atomic E-state index is 11.9. The summed E-state index contributed by atoms with van der Waals surface area (Å²) in [6, 6.07) is 7.93. The van der Waals surface area contributed by atoms with Crippen molar-refractivity contribution in [2.75, 3.05) is 17.6 Å². The molecule has 1 aliphatic rings. The minimum absolute atomic E-state index is 0.101. The van der Waals surface area contributed by atoms with Crippen LogP contribution in [0.4, 0.5) is 5.69 Å². The Bertz CT molecular complexity index is 480. The monoisotopic (exact) mass is 239 g/mol. The first-order chi connectivity index (χ1) is 7.50. The highest BCUT2D eigenvalue weighted by atomic mass is 32.2. The van der Waals surface area contributed by atoms with E-state index in [-0.39, 0.29) is 16.9 Å². The molecule has 3 nitrogen and oxygen atoms in total. The standard InChI is InChI=1S/C12H17NO2S/c1-9(2)16(14,15)8-10-7-13-12-6-4-3-5-11(10)12/h3-6,9-10,13H,7-8H2,1-2H3. The zero-order chi connectivity index (χ0) is 11.8. The molecule has 1 atom stereocenters. The second-order valence-corrected chi connectivity index (χ2v) is 7.15. The van der Waals surface area contributed by atoms with Crippen LogP contribution >= 0.6 is 0 Å². The van der Waals surface area contributed by atoms with Gasteiger partial charge in [0.1, 0.15) is 0 Å². The lowest BCUT2D eigenvalue weighted by molar-refractivity contribution is 0.581. The van der Waals surface area contributed by atoms with Crippen LogP contribution in [-0.2, 0) is 9.84 Å². The van der Waals surface area contributed by atoms with E-state index in [1.807, 2.05) is 24.3 Å². The summed E-state index contributed by atoms with van der Waals surface area (Å²) in [6.45, 7) is 4.21. The molecular formula is C12H17NO2S. The molecule has 2 rings (SSSR count).